The van der Waals surface area contributed by atoms with Crippen LogP contribution >= 0.6 is 12.6 Å². The predicted octanol–water partition coefficient (Wildman–Crippen LogP) is 3.34. The van der Waals surface area contributed by atoms with Crippen molar-refractivity contribution in [2.24, 2.45) is 10.9 Å². The van der Waals surface area contributed by atoms with E-state index in [9.17, 15) is 0 Å². The molecule has 1 atom stereocenters. The fourth-order valence-electron chi connectivity index (χ4n) is 3.44. The fraction of sp³-hybridized carbons (Fsp3) is 0.667. The van der Waals surface area contributed by atoms with Crippen molar-refractivity contribution >= 4 is 24.3 Å². The molecule has 166 valence electrons. The summed E-state index contributed by atoms with van der Waals surface area (Å²) in [7, 11) is 1.89. The standard InChI is InChI=1S/C21H35N7OS/c1-23-21(30)28(29-16-18-8-4-2-5-9-18)15-7-3-6-12-25-20(26-17-22)27-19-10-13-24-14-11-19/h10-11,13-14,18,21,23,30H,2-9,12,15-16H2,1H3,(H2,24,25,26,27). The number of nitrogens with zero attached hydrogens (tertiary/aromatic N) is 4. The monoisotopic (exact) mass is 433 g/mol. The molecule has 0 spiro atoms. The third-order valence-corrected chi connectivity index (χ3v) is 5.67. The molecule has 2 rings (SSSR count). The molecule has 0 aliphatic heterocycles. The summed E-state index contributed by atoms with van der Waals surface area (Å²) < 4.78 is 0. The second-order valence-electron chi connectivity index (χ2n) is 7.49. The summed E-state index contributed by atoms with van der Waals surface area (Å²) in [6, 6.07) is 3.65. The second-order valence-corrected chi connectivity index (χ2v) is 7.98. The zero-order valence-electron chi connectivity index (χ0n) is 17.9. The molecule has 1 unspecified atom stereocenters. The van der Waals surface area contributed by atoms with Crippen molar-refractivity contribution in [3.63, 3.8) is 0 Å². The van der Waals surface area contributed by atoms with E-state index in [2.05, 4.69) is 38.6 Å². The highest BCUT2D eigenvalue weighted by molar-refractivity contribution is 7.80. The van der Waals surface area contributed by atoms with Gasteiger partial charge in [0.25, 0.3) is 0 Å². The Morgan fingerprint density at radius 1 is 1.30 bits per heavy atom. The number of pyridine rings is 1. The van der Waals surface area contributed by atoms with Crippen molar-refractivity contribution in [2.75, 3.05) is 32.1 Å². The molecule has 9 heteroatoms. The Bertz CT molecular complexity index is 647. The number of hydrogen-bond acceptors (Lipinski definition) is 7. The number of hydroxylamine groups is 2. The largest absolute Gasteiger partial charge is 0.325 e. The van der Waals surface area contributed by atoms with E-state index in [0.717, 1.165) is 38.1 Å². The maximum atomic E-state index is 8.91. The topological polar surface area (TPSA) is 97.6 Å². The Kier molecular flexibility index (Phi) is 12.2. The van der Waals surface area contributed by atoms with E-state index in [4.69, 9.17) is 10.1 Å². The van der Waals surface area contributed by atoms with Crippen LogP contribution in [0.4, 0.5) is 5.69 Å². The van der Waals surface area contributed by atoms with Crippen molar-refractivity contribution < 1.29 is 4.84 Å². The van der Waals surface area contributed by atoms with Crippen LogP contribution in [0.5, 0.6) is 0 Å². The Labute approximate surface area is 185 Å². The van der Waals surface area contributed by atoms with Gasteiger partial charge in [-0.2, -0.15) is 10.3 Å². The van der Waals surface area contributed by atoms with Gasteiger partial charge in [0, 0.05) is 31.2 Å². The molecule has 1 heterocycles. The first kappa shape index (κ1) is 24.4. The number of nitriles is 1. The average molecular weight is 434 g/mol. The van der Waals surface area contributed by atoms with Gasteiger partial charge in [-0.15, -0.1) is 12.6 Å². The molecule has 0 radical (unpaired) electrons. The summed E-state index contributed by atoms with van der Waals surface area (Å²) in [4.78, 5) is 14.5. The number of aromatic nitrogens is 1. The number of unbranched alkanes of at least 4 members (excludes halogenated alkanes) is 2. The number of thiol groups is 1. The highest BCUT2D eigenvalue weighted by atomic mass is 32.1. The maximum absolute atomic E-state index is 8.91. The van der Waals surface area contributed by atoms with Gasteiger partial charge < -0.3 is 5.32 Å². The van der Waals surface area contributed by atoms with Crippen LogP contribution in [0.2, 0.25) is 0 Å². The molecule has 1 aliphatic rings. The molecule has 0 aromatic carbocycles. The number of rotatable bonds is 12. The van der Waals surface area contributed by atoms with E-state index in [0.29, 0.717) is 18.4 Å². The lowest BCUT2D eigenvalue weighted by Gasteiger charge is -2.30. The van der Waals surface area contributed by atoms with Gasteiger partial charge in [-0.25, -0.2) is 0 Å². The number of hydrogen-bond donors (Lipinski definition) is 4. The van der Waals surface area contributed by atoms with Crippen LogP contribution in [0, 0.1) is 17.4 Å². The molecule has 1 saturated carbocycles. The van der Waals surface area contributed by atoms with Gasteiger partial charge in [0.05, 0.1) is 6.61 Å². The summed E-state index contributed by atoms with van der Waals surface area (Å²) in [5.74, 6) is 1.12. The third-order valence-electron chi connectivity index (χ3n) is 5.16. The first-order valence-corrected chi connectivity index (χ1v) is 11.4. The van der Waals surface area contributed by atoms with Gasteiger partial charge >= 0.3 is 0 Å². The van der Waals surface area contributed by atoms with E-state index in [1.165, 1.54) is 32.1 Å². The Morgan fingerprint density at radius 2 is 2.07 bits per heavy atom. The second kappa shape index (κ2) is 15.0. The van der Waals surface area contributed by atoms with Crippen molar-refractivity contribution in [3.05, 3.63) is 24.5 Å². The molecule has 8 nitrogen and oxygen atoms in total. The lowest BCUT2D eigenvalue weighted by atomic mass is 9.90. The smallest absolute Gasteiger partial charge is 0.209 e. The van der Waals surface area contributed by atoms with Crippen LogP contribution in [-0.2, 0) is 4.84 Å². The summed E-state index contributed by atoms with van der Waals surface area (Å²) in [5, 5.41) is 19.7. The van der Waals surface area contributed by atoms with Crippen LogP contribution in [0.3, 0.4) is 0 Å². The zero-order chi connectivity index (χ0) is 21.4. The van der Waals surface area contributed by atoms with Gasteiger partial charge in [-0.05, 0) is 50.8 Å². The quantitative estimate of drug-likeness (QED) is 0.0587. The molecular formula is C21H35N7OS. The first-order valence-electron chi connectivity index (χ1n) is 10.8. The van der Waals surface area contributed by atoms with Crippen LogP contribution in [0.1, 0.15) is 51.4 Å². The molecule has 30 heavy (non-hydrogen) atoms. The molecule has 1 aromatic rings. The van der Waals surface area contributed by atoms with Crippen molar-refractivity contribution in [2.45, 2.75) is 56.9 Å². The lowest BCUT2D eigenvalue weighted by Crippen LogP contribution is -2.41. The van der Waals surface area contributed by atoms with Gasteiger partial charge in [-0.3, -0.25) is 25.4 Å². The fourth-order valence-corrected chi connectivity index (χ4v) is 3.62. The summed E-state index contributed by atoms with van der Waals surface area (Å²) in [6.07, 6.45) is 14.8. The van der Waals surface area contributed by atoms with Gasteiger partial charge in [-0.1, -0.05) is 25.7 Å². The molecule has 0 bridgehead atoms. The number of anilines is 1. The van der Waals surface area contributed by atoms with E-state index >= 15 is 0 Å². The van der Waals surface area contributed by atoms with E-state index in [-0.39, 0.29) is 5.50 Å². The van der Waals surface area contributed by atoms with Crippen molar-refractivity contribution in [1.29, 1.82) is 5.26 Å². The summed E-state index contributed by atoms with van der Waals surface area (Å²) in [5.41, 5.74) is 0.728. The molecule has 1 aromatic heterocycles. The zero-order valence-corrected chi connectivity index (χ0v) is 18.8. The summed E-state index contributed by atoms with van der Waals surface area (Å²) in [6.45, 7) is 2.25. The van der Waals surface area contributed by atoms with Gasteiger partial charge in [0.15, 0.2) is 6.19 Å². The average Bonchev–Trinajstić information content (AvgIpc) is 2.79. The minimum atomic E-state index is -0.109. The molecule has 0 amide bonds. The van der Waals surface area contributed by atoms with Crippen molar-refractivity contribution in [3.8, 4) is 6.19 Å². The molecule has 1 fully saturated rings. The van der Waals surface area contributed by atoms with Crippen LogP contribution in [-0.4, -0.2) is 48.2 Å². The Morgan fingerprint density at radius 3 is 2.77 bits per heavy atom. The first-order chi connectivity index (χ1) is 14.7. The normalized spacial score (nSPS) is 16.3. The maximum Gasteiger partial charge on any atom is 0.209 e. The molecular weight excluding hydrogens is 398 g/mol. The van der Waals surface area contributed by atoms with Crippen LogP contribution < -0.4 is 16.0 Å². The van der Waals surface area contributed by atoms with Gasteiger partial charge in [0.1, 0.15) is 5.50 Å². The van der Waals surface area contributed by atoms with E-state index < -0.39 is 0 Å². The molecule has 1 aliphatic carbocycles. The molecule has 0 saturated heterocycles. The van der Waals surface area contributed by atoms with Crippen LogP contribution in [0.25, 0.3) is 0 Å². The Balaban J connectivity index is 1.68. The van der Waals surface area contributed by atoms with Gasteiger partial charge in [0.2, 0.25) is 5.96 Å². The highest BCUT2D eigenvalue weighted by Gasteiger charge is 2.18. The lowest BCUT2D eigenvalue weighted by molar-refractivity contribution is -0.183. The third kappa shape index (κ3) is 9.76. The number of nitrogens with one attached hydrogen (secondary N) is 3. The minimum Gasteiger partial charge on any atom is -0.325 e. The van der Waals surface area contributed by atoms with E-state index in [1.807, 2.05) is 30.4 Å². The molecule has 3 N–H and O–H groups in total. The SMILES string of the molecule is CNC(S)N(CCCCCN=C(NC#N)Nc1ccncc1)OCC1CCCCC1. The summed E-state index contributed by atoms with van der Waals surface area (Å²) >= 11 is 4.58. The number of aliphatic imine (C=N–C) groups is 1. The van der Waals surface area contributed by atoms with E-state index in [1.54, 1.807) is 12.4 Å². The highest BCUT2D eigenvalue weighted by Crippen LogP contribution is 2.24. The Hall–Kier alpha value is -1.86. The minimum absolute atomic E-state index is 0.109. The van der Waals surface area contributed by atoms with Crippen molar-refractivity contribution in [1.82, 2.24) is 20.7 Å². The predicted molar refractivity (Wildman–Crippen MR) is 124 cm³/mol. The number of guanidine groups is 1. The van der Waals surface area contributed by atoms with Crippen LogP contribution in [0.15, 0.2) is 29.5 Å².